The summed E-state index contributed by atoms with van der Waals surface area (Å²) in [5, 5.41) is 2.74. The molecular formula is C12H16N2O4S. The molecule has 1 fully saturated rings. The highest BCUT2D eigenvalue weighted by molar-refractivity contribution is 7.91. The summed E-state index contributed by atoms with van der Waals surface area (Å²) in [7, 11) is -1.50. The molecule has 0 aromatic carbocycles. The van der Waals surface area contributed by atoms with Crippen molar-refractivity contribution in [2.24, 2.45) is 5.92 Å². The number of nitrogens with one attached hydrogen (secondary N) is 1. The quantitative estimate of drug-likeness (QED) is 0.850. The van der Waals surface area contributed by atoms with E-state index in [1.165, 1.54) is 7.11 Å². The van der Waals surface area contributed by atoms with E-state index in [0.29, 0.717) is 18.8 Å². The maximum Gasteiger partial charge on any atom is 0.224 e. The monoisotopic (exact) mass is 284 g/mol. The van der Waals surface area contributed by atoms with Gasteiger partial charge in [-0.2, -0.15) is 0 Å². The van der Waals surface area contributed by atoms with E-state index in [4.69, 9.17) is 4.74 Å². The van der Waals surface area contributed by atoms with Gasteiger partial charge in [-0.15, -0.1) is 0 Å². The first-order chi connectivity index (χ1) is 9.00. The molecule has 1 aromatic heterocycles. The summed E-state index contributed by atoms with van der Waals surface area (Å²) in [5.74, 6) is -0.0899. The van der Waals surface area contributed by atoms with Crippen LogP contribution >= 0.6 is 0 Å². The molecule has 1 unspecified atom stereocenters. The lowest BCUT2D eigenvalue weighted by atomic mass is 10.1. The molecule has 0 bridgehead atoms. The molecule has 19 heavy (non-hydrogen) atoms. The minimum Gasteiger partial charge on any atom is -0.481 e. The maximum atomic E-state index is 11.8. The summed E-state index contributed by atoms with van der Waals surface area (Å²) in [6.07, 6.45) is 2.01. The molecule has 0 radical (unpaired) electrons. The fourth-order valence-electron chi connectivity index (χ4n) is 2.01. The molecule has 7 heteroatoms. The lowest BCUT2D eigenvalue weighted by Crippen LogP contribution is -2.30. The SMILES string of the molecule is COc1cc(CNC(=O)C2CCS(=O)(=O)C2)ccn1. The van der Waals surface area contributed by atoms with Crippen LogP contribution in [0.5, 0.6) is 5.88 Å². The van der Waals surface area contributed by atoms with Gasteiger partial charge in [0.2, 0.25) is 11.8 Å². The zero-order chi connectivity index (χ0) is 13.9. The molecule has 2 rings (SSSR count). The highest BCUT2D eigenvalue weighted by Crippen LogP contribution is 2.18. The molecule has 1 amide bonds. The smallest absolute Gasteiger partial charge is 0.224 e. The van der Waals surface area contributed by atoms with E-state index in [0.717, 1.165) is 5.56 Å². The third-order valence-electron chi connectivity index (χ3n) is 3.08. The minimum absolute atomic E-state index is 0.0432. The fraction of sp³-hybridized carbons (Fsp3) is 0.500. The van der Waals surface area contributed by atoms with Crippen molar-refractivity contribution in [3.05, 3.63) is 23.9 Å². The third-order valence-corrected chi connectivity index (χ3v) is 4.85. The van der Waals surface area contributed by atoms with Crippen molar-refractivity contribution in [2.75, 3.05) is 18.6 Å². The van der Waals surface area contributed by atoms with E-state index in [1.807, 2.05) is 0 Å². The van der Waals surface area contributed by atoms with Gasteiger partial charge in [0.1, 0.15) is 0 Å². The van der Waals surface area contributed by atoms with Crippen molar-refractivity contribution in [2.45, 2.75) is 13.0 Å². The van der Waals surface area contributed by atoms with Gasteiger partial charge in [-0.3, -0.25) is 4.79 Å². The van der Waals surface area contributed by atoms with Crippen LogP contribution in [-0.2, 0) is 21.2 Å². The predicted molar refractivity (Wildman–Crippen MR) is 69.4 cm³/mol. The van der Waals surface area contributed by atoms with Crippen LogP contribution < -0.4 is 10.1 Å². The van der Waals surface area contributed by atoms with Crippen molar-refractivity contribution in [3.63, 3.8) is 0 Å². The number of pyridine rings is 1. The van der Waals surface area contributed by atoms with Gasteiger partial charge >= 0.3 is 0 Å². The Bertz CT molecular complexity index is 571. The van der Waals surface area contributed by atoms with Gasteiger partial charge in [0, 0.05) is 18.8 Å². The number of carbonyl (C=O) groups excluding carboxylic acids is 1. The number of amides is 1. The van der Waals surface area contributed by atoms with Gasteiger partial charge in [0.05, 0.1) is 24.5 Å². The Hall–Kier alpha value is -1.63. The summed E-state index contributed by atoms with van der Waals surface area (Å²) in [5.41, 5.74) is 0.862. The Morgan fingerprint density at radius 2 is 2.37 bits per heavy atom. The van der Waals surface area contributed by atoms with Crippen LogP contribution in [0.15, 0.2) is 18.3 Å². The highest BCUT2D eigenvalue weighted by Gasteiger charge is 2.32. The predicted octanol–water partition coefficient (Wildman–Crippen LogP) is 0.141. The Labute approximate surface area is 112 Å². The summed E-state index contributed by atoms with van der Waals surface area (Å²) < 4.78 is 27.6. The second kappa shape index (κ2) is 5.56. The van der Waals surface area contributed by atoms with Crippen LogP contribution in [0.25, 0.3) is 0 Å². The van der Waals surface area contributed by atoms with Gasteiger partial charge in [0.25, 0.3) is 0 Å². The summed E-state index contributed by atoms with van der Waals surface area (Å²) in [6, 6.07) is 3.50. The van der Waals surface area contributed by atoms with Crippen LogP contribution in [0.1, 0.15) is 12.0 Å². The molecule has 2 heterocycles. The number of carbonyl (C=O) groups is 1. The number of hydrogen-bond acceptors (Lipinski definition) is 5. The standard InChI is InChI=1S/C12H16N2O4S/c1-18-11-6-9(2-4-13-11)7-14-12(15)10-3-5-19(16,17)8-10/h2,4,6,10H,3,5,7-8H2,1H3,(H,14,15). The molecule has 1 aromatic rings. The van der Waals surface area contributed by atoms with Crippen molar-refractivity contribution in [1.29, 1.82) is 0 Å². The Morgan fingerprint density at radius 1 is 1.58 bits per heavy atom. The average molecular weight is 284 g/mol. The topological polar surface area (TPSA) is 85.4 Å². The molecule has 1 atom stereocenters. The van der Waals surface area contributed by atoms with Crippen molar-refractivity contribution in [1.82, 2.24) is 10.3 Å². The Kier molecular flexibility index (Phi) is 4.04. The van der Waals surface area contributed by atoms with E-state index in [1.54, 1.807) is 18.3 Å². The highest BCUT2D eigenvalue weighted by atomic mass is 32.2. The molecule has 0 aliphatic carbocycles. The van der Waals surface area contributed by atoms with E-state index in [2.05, 4.69) is 10.3 Å². The van der Waals surface area contributed by atoms with Gasteiger partial charge < -0.3 is 10.1 Å². The zero-order valence-corrected chi connectivity index (χ0v) is 11.4. The third kappa shape index (κ3) is 3.66. The Morgan fingerprint density at radius 3 is 3.00 bits per heavy atom. The Balaban J connectivity index is 1.90. The first-order valence-corrected chi connectivity index (χ1v) is 7.79. The van der Waals surface area contributed by atoms with Crippen LogP contribution in [-0.4, -0.2) is 37.9 Å². The number of sulfone groups is 1. The second-order valence-corrected chi connectivity index (χ2v) is 6.75. The second-order valence-electron chi connectivity index (χ2n) is 4.52. The number of hydrogen-bond donors (Lipinski definition) is 1. The number of rotatable bonds is 4. The molecule has 1 aliphatic heterocycles. The van der Waals surface area contributed by atoms with E-state index >= 15 is 0 Å². The summed E-state index contributed by atoms with van der Waals surface area (Å²) in [4.78, 5) is 15.8. The maximum absolute atomic E-state index is 11.8. The molecule has 1 aliphatic rings. The van der Waals surface area contributed by atoms with Crippen molar-refractivity contribution >= 4 is 15.7 Å². The van der Waals surface area contributed by atoms with Crippen molar-refractivity contribution < 1.29 is 17.9 Å². The average Bonchev–Trinajstić information content (AvgIpc) is 2.76. The van der Waals surface area contributed by atoms with Crippen LogP contribution in [0.2, 0.25) is 0 Å². The normalized spacial score (nSPS) is 21.0. The molecule has 0 spiro atoms. The first-order valence-electron chi connectivity index (χ1n) is 5.97. The largest absolute Gasteiger partial charge is 0.481 e. The molecular weight excluding hydrogens is 268 g/mol. The number of methoxy groups -OCH3 is 1. The molecule has 1 saturated heterocycles. The van der Waals surface area contributed by atoms with Crippen molar-refractivity contribution in [3.8, 4) is 5.88 Å². The van der Waals surface area contributed by atoms with Gasteiger partial charge in [-0.1, -0.05) is 0 Å². The lowest BCUT2D eigenvalue weighted by Gasteiger charge is -2.09. The van der Waals surface area contributed by atoms with Gasteiger partial charge in [-0.05, 0) is 18.1 Å². The first kappa shape index (κ1) is 13.8. The molecule has 104 valence electrons. The molecule has 6 nitrogen and oxygen atoms in total. The minimum atomic E-state index is -3.02. The molecule has 0 saturated carbocycles. The summed E-state index contributed by atoms with van der Waals surface area (Å²) >= 11 is 0. The fourth-order valence-corrected chi connectivity index (χ4v) is 3.75. The van der Waals surface area contributed by atoms with Crippen LogP contribution in [0.3, 0.4) is 0 Å². The molecule has 1 N–H and O–H groups in total. The van der Waals surface area contributed by atoms with Crippen LogP contribution in [0, 0.1) is 5.92 Å². The van der Waals surface area contributed by atoms with Crippen LogP contribution in [0.4, 0.5) is 0 Å². The van der Waals surface area contributed by atoms with Gasteiger partial charge in [0.15, 0.2) is 9.84 Å². The van der Waals surface area contributed by atoms with Gasteiger partial charge in [-0.25, -0.2) is 13.4 Å². The number of ether oxygens (including phenoxy) is 1. The number of aromatic nitrogens is 1. The zero-order valence-electron chi connectivity index (χ0n) is 10.6. The van der Waals surface area contributed by atoms with E-state index in [-0.39, 0.29) is 17.4 Å². The van der Waals surface area contributed by atoms with E-state index < -0.39 is 15.8 Å². The summed E-state index contributed by atoms with van der Waals surface area (Å²) in [6.45, 7) is 0.342. The lowest BCUT2D eigenvalue weighted by molar-refractivity contribution is -0.124. The number of nitrogens with zero attached hydrogens (tertiary/aromatic N) is 1. The van der Waals surface area contributed by atoms with E-state index in [9.17, 15) is 13.2 Å².